The Morgan fingerprint density at radius 1 is 1.10 bits per heavy atom. The van der Waals surface area contributed by atoms with E-state index in [4.69, 9.17) is 10.1 Å². The first-order chi connectivity index (χ1) is 15.0. The molecular weight excluding hydrogens is 426 g/mol. The van der Waals surface area contributed by atoms with E-state index in [1.807, 2.05) is 30.0 Å². The van der Waals surface area contributed by atoms with Crippen molar-refractivity contribution in [1.29, 1.82) is 0 Å². The predicted molar refractivity (Wildman–Crippen MR) is 128 cm³/mol. The van der Waals surface area contributed by atoms with E-state index < -0.39 is 0 Å². The van der Waals surface area contributed by atoms with Crippen molar-refractivity contribution in [2.24, 2.45) is 0 Å². The molecule has 1 amide bonds. The van der Waals surface area contributed by atoms with E-state index in [0.717, 1.165) is 63.2 Å². The number of anilines is 1. The van der Waals surface area contributed by atoms with Crippen molar-refractivity contribution in [1.82, 2.24) is 20.1 Å². The molecule has 0 spiro atoms. The minimum Gasteiger partial charge on any atom is -0.348 e. The van der Waals surface area contributed by atoms with Gasteiger partial charge in [0.1, 0.15) is 0 Å². The number of amides is 1. The Bertz CT molecular complexity index is 1230. The number of thiophene rings is 1. The maximum atomic E-state index is 12.5. The predicted octanol–water partition coefficient (Wildman–Crippen LogP) is 4.87. The van der Waals surface area contributed by atoms with E-state index in [-0.39, 0.29) is 11.9 Å². The van der Waals surface area contributed by atoms with Crippen molar-refractivity contribution < 1.29 is 4.79 Å². The van der Waals surface area contributed by atoms with Gasteiger partial charge in [-0.25, -0.2) is 4.68 Å². The van der Waals surface area contributed by atoms with Crippen LogP contribution < -0.4 is 10.2 Å². The van der Waals surface area contributed by atoms with E-state index in [0.29, 0.717) is 0 Å². The monoisotopic (exact) mass is 451 g/mol. The Morgan fingerprint density at radius 3 is 2.52 bits per heavy atom. The molecule has 8 heteroatoms. The summed E-state index contributed by atoms with van der Waals surface area (Å²) in [4.78, 5) is 20.6. The maximum absolute atomic E-state index is 12.5. The van der Waals surface area contributed by atoms with Crippen molar-refractivity contribution in [3.05, 3.63) is 57.4 Å². The van der Waals surface area contributed by atoms with Gasteiger partial charge in [-0.2, -0.15) is 10.1 Å². The Labute approximate surface area is 189 Å². The summed E-state index contributed by atoms with van der Waals surface area (Å²) in [6, 6.07) is 10.6. The van der Waals surface area contributed by atoms with Gasteiger partial charge in [0.15, 0.2) is 10.8 Å². The number of nitrogens with one attached hydrogen (secondary N) is 1. The number of aryl methyl sites for hydroxylation is 3. The fraction of sp³-hybridized carbons (Fsp3) is 0.348. The Hall–Kier alpha value is -2.71. The van der Waals surface area contributed by atoms with Crippen LogP contribution in [0.2, 0.25) is 0 Å². The van der Waals surface area contributed by atoms with Gasteiger partial charge in [-0.1, -0.05) is 29.0 Å². The lowest BCUT2D eigenvalue weighted by Gasteiger charge is -2.32. The van der Waals surface area contributed by atoms with Crippen LogP contribution in [0.3, 0.4) is 0 Å². The largest absolute Gasteiger partial charge is 0.348 e. The van der Waals surface area contributed by atoms with Crippen LogP contribution in [-0.2, 0) is 0 Å². The molecule has 1 fully saturated rings. The van der Waals surface area contributed by atoms with E-state index in [1.54, 1.807) is 11.3 Å². The number of carbonyl (C=O) groups is 1. The van der Waals surface area contributed by atoms with Crippen molar-refractivity contribution in [2.75, 3.05) is 18.0 Å². The lowest BCUT2D eigenvalue weighted by Crippen LogP contribution is -2.44. The second-order valence-corrected chi connectivity index (χ2v) is 10.0. The minimum atomic E-state index is 0.0553. The number of nitrogens with zero attached hydrogens (tertiary/aromatic N) is 4. The molecule has 4 heterocycles. The van der Waals surface area contributed by atoms with Gasteiger partial charge >= 0.3 is 0 Å². The number of fused-ring (bicyclic) bond motifs is 1. The Balaban J connectivity index is 1.30. The van der Waals surface area contributed by atoms with Gasteiger partial charge in [-0.15, -0.1) is 11.3 Å². The third kappa shape index (κ3) is 3.85. The molecule has 0 aliphatic carbocycles. The van der Waals surface area contributed by atoms with Gasteiger partial charge in [0.05, 0.1) is 21.0 Å². The van der Waals surface area contributed by atoms with Crippen molar-refractivity contribution in [3.8, 4) is 5.69 Å². The zero-order chi connectivity index (χ0) is 21.5. The summed E-state index contributed by atoms with van der Waals surface area (Å²) in [7, 11) is 0. The molecule has 31 heavy (non-hydrogen) atoms. The highest BCUT2D eigenvalue weighted by Crippen LogP contribution is 2.33. The van der Waals surface area contributed by atoms with Crippen LogP contribution in [0.1, 0.15) is 39.3 Å². The number of hydrogen-bond donors (Lipinski definition) is 1. The summed E-state index contributed by atoms with van der Waals surface area (Å²) >= 11 is 3.22. The Kier molecular flexibility index (Phi) is 5.27. The first-order valence-corrected chi connectivity index (χ1v) is 12.2. The smallest absolute Gasteiger partial charge is 0.261 e. The highest BCUT2D eigenvalue weighted by molar-refractivity contribution is 7.22. The van der Waals surface area contributed by atoms with Gasteiger partial charge in [-0.3, -0.25) is 4.79 Å². The lowest BCUT2D eigenvalue weighted by molar-refractivity contribution is 0.0934. The molecule has 6 nitrogen and oxygen atoms in total. The maximum Gasteiger partial charge on any atom is 0.261 e. The van der Waals surface area contributed by atoms with Crippen LogP contribution >= 0.6 is 22.7 Å². The van der Waals surface area contributed by atoms with E-state index >= 15 is 0 Å². The van der Waals surface area contributed by atoms with Crippen LogP contribution in [-0.4, -0.2) is 39.8 Å². The SMILES string of the molecule is Cc1ccc(-n2nc(C)c3sc(N4CCC(NC(=O)c5sccc5C)CC4)nc32)cc1. The molecular formula is C23H25N5OS2. The molecule has 0 saturated carbocycles. The van der Waals surface area contributed by atoms with Gasteiger partial charge in [0.2, 0.25) is 0 Å². The molecule has 5 rings (SSSR count). The first-order valence-electron chi connectivity index (χ1n) is 10.5. The molecule has 0 unspecified atom stereocenters. The van der Waals surface area contributed by atoms with E-state index in [9.17, 15) is 4.79 Å². The molecule has 0 bridgehead atoms. The third-order valence-electron chi connectivity index (χ3n) is 5.82. The summed E-state index contributed by atoms with van der Waals surface area (Å²) in [5, 5.41) is 10.9. The molecule has 0 atom stereocenters. The van der Waals surface area contributed by atoms with Crippen LogP contribution in [0.15, 0.2) is 35.7 Å². The zero-order valence-corrected chi connectivity index (χ0v) is 19.5. The van der Waals surface area contributed by atoms with E-state index in [2.05, 4.69) is 41.4 Å². The number of aromatic nitrogens is 3. The van der Waals surface area contributed by atoms with Crippen molar-refractivity contribution in [3.63, 3.8) is 0 Å². The highest BCUT2D eigenvalue weighted by atomic mass is 32.1. The lowest BCUT2D eigenvalue weighted by atomic mass is 10.1. The summed E-state index contributed by atoms with van der Waals surface area (Å²) in [5.41, 5.74) is 5.24. The number of hydrogen-bond acceptors (Lipinski definition) is 6. The zero-order valence-electron chi connectivity index (χ0n) is 17.9. The topological polar surface area (TPSA) is 63.1 Å². The number of rotatable bonds is 4. The van der Waals surface area contributed by atoms with Gasteiger partial charge in [-0.05, 0) is 62.8 Å². The Morgan fingerprint density at radius 2 is 1.84 bits per heavy atom. The second kappa shape index (κ2) is 8.09. The normalized spacial score (nSPS) is 15.0. The fourth-order valence-corrected chi connectivity index (χ4v) is 5.86. The molecule has 0 radical (unpaired) electrons. The molecule has 1 aromatic carbocycles. The summed E-state index contributed by atoms with van der Waals surface area (Å²) in [6.07, 6.45) is 1.85. The molecule has 4 aromatic rings. The van der Waals surface area contributed by atoms with Crippen LogP contribution in [0.4, 0.5) is 5.13 Å². The quantitative estimate of drug-likeness (QED) is 0.481. The van der Waals surface area contributed by atoms with Crippen molar-refractivity contribution >= 4 is 44.1 Å². The number of thiazole rings is 1. The highest BCUT2D eigenvalue weighted by Gasteiger charge is 2.25. The summed E-state index contributed by atoms with van der Waals surface area (Å²) in [6.45, 7) is 7.90. The van der Waals surface area contributed by atoms with Crippen LogP contribution in [0.5, 0.6) is 0 Å². The van der Waals surface area contributed by atoms with Gasteiger partial charge in [0, 0.05) is 19.1 Å². The number of benzene rings is 1. The average molecular weight is 452 g/mol. The molecule has 1 aliphatic heterocycles. The molecule has 160 valence electrons. The van der Waals surface area contributed by atoms with Crippen LogP contribution in [0, 0.1) is 20.8 Å². The fourth-order valence-electron chi connectivity index (χ4n) is 4.00. The molecule has 1 N–H and O–H groups in total. The van der Waals surface area contributed by atoms with E-state index in [1.165, 1.54) is 16.9 Å². The van der Waals surface area contributed by atoms with Gasteiger partial charge < -0.3 is 10.2 Å². The first kappa shape index (κ1) is 20.2. The number of carbonyl (C=O) groups excluding carboxylic acids is 1. The van der Waals surface area contributed by atoms with Gasteiger partial charge in [0.25, 0.3) is 5.91 Å². The molecule has 3 aromatic heterocycles. The number of piperidine rings is 1. The second-order valence-electron chi connectivity index (χ2n) is 8.15. The molecule has 1 aliphatic rings. The van der Waals surface area contributed by atoms with Crippen LogP contribution in [0.25, 0.3) is 16.0 Å². The van der Waals surface area contributed by atoms with Crippen molar-refractivity contribution in [2.45, 2.75) is 39.7 Å². The summed E-state index contributed by atoms with van der Waals surface area (Å²) in [5.74, 6) is 0.0553. The average Bonchev–Trinajstić information content (AvgIpc) is 3.46. The minimum absolute atomic E-state index is 0.0553. The standard InChI is InChI=1S/C23H25N5OS2/c1-14-4-6-18(7-5-14)28-21-20(16(3)26-28)31-23(25-21)27-11-8-17(9-12-27)24-22(29)19-15(2)10-13-30-19/h4-7,10,13,17H,8-9,11-12H2,1-3H3,(H,24,29). The third-order valence-corrected chi connectivity index (χ3v) is 8.05. The molecule has 1 saturated heterocycles. The summed E-state index contributed by atoms with van der Waals surface area (Å²) < 4.78 is 3.08.